The normalized spacial score (nSPS) is 22.2. The molecule has 0 amide bonds. The third kappa shape index (κ3) is 1.37. The first-order chi connectivity index (χ1) is 8.40. The van der Waals surface area contributed by atoms with Crippen molar-refractivity contribution in [2.75, 3.05) is 13.1 Å². The first kappa shape index (κ1) is 9.23. The summed E-state index contributed by atoms with van der Waals surface area (Å²) in [6, 6.07) is 12.7. The van der Waals surface area contributed by atoms with E-state index in [-0.39, 0.29) is 0 Å². The van der Waals surface area contributed by atoms with Gasteiger partial charge in [0.15, 0.2) is 0 Å². The summed E-state index contributed by atoms with van der Waals surface area (Å²) in [6.07, 6.45) is 3.59. The van der Waals surface area contributed by atoms with Crippen LogP contribution in [0.1, 0.15) is 12.1 Å². The molecule has 2 heteroatoms. The largest absolute Gasteiger partial charge is 0.376 e. The molecular weight excluding hydrogens is 208 g/mol. The number of benzene rings is 1. The Bertz CT molecular complexity index is 615. The van der Waals surface area contributed by atoms with Crippen LogP contribution in [-0.2, 0) is 0 Å². The number of aromatic nitrogens is 1. The molecule has 2 nitrogen and oxygen atoms in total. The molecule has 0 radical (unpaired) electrons. The van der Waals surface area contributed by atoms with Crippen LogP contribution < -0.4 is 0 Å². The van der Waals surface area contributed by atoms with Gasteiger partial charge in [0.25, 0.3) is 0 Å². The average molecular weight is 222 g/mol. The minimum atomic E-state index is 0.712. The molecule has 84 valence electrons. The van der Waals surface area contributed by atoms with Crippen molar-refractivity contribution in [3.8, 4) is 0 Å². The van der Waals surface area contributed by atoms with E-state index in [1.807, 2.05) is 0 Å². The second-order valence-corrected chi connectivity index (χ2v) is 4.95. The van der Waals surface area contributed by atoms with E-state index in [0.717, 1.165) is 11.2 Å². The smallest absolute Gasteiger partial charge is 0.0709 e. The molecule has 1 unspecified atom stereocenters. The van der Waals surface area contributed by atoms with Crippen LogP contribution in [0.3, 0.4) is 0 Å². The zero-order valence-corrected chi connectivity index (χ0v) is 9.63. The Balaban J connectivity index is 1.84. The number of fused-ring (bicyclic) bond motifs is 3. The number of rotatable bonds is 1. The van der Waals surface area contributed by atoms with Crippen LogP contribution in [0.25, 0.3) is 16.5 Å². The van der Waals surface area contributed by atoms with Crippen molar-refractivity contribution in [1.29, 1.82) is 0 Å². The van der Waals surface area contributed by atoms with Crippen LogP contribution in [0.15, 0.2) is 42.6 Å². The van der Waals surface area contributed by atoms with Crippen LogP contribution >= 0.6 is 0 Å². The molecule has 1 atom stereocenters. The highest BCUT2D eigenvalue weighted by molar-refractivity contribution is 5.81. The third-order valence-electron chi connectivity index (χ3n) is 3.88. The zero-order valence-electron chi connectivity index (χ0n) is 9.63. The van der Waals surface area contributed by atoms with Crippen molar-refractivity contribution in [2.45, 2.75) is 6.42 Å². The van der Waals surface area contributed by atoms with E-state index in [9.17, 15) is 0 Å². The Morgan fingerprint density at radius 3 is 2.88 bits per heavy atom. The molecule has 0 saturated carbocycles. The Kier molecular flexibility index (Phi) is 1.81. The molecule has 0 N–H and O–H groups in total. The quantitative estimate of drug-likeness (QED) is 0.737. The summed E-state index contributed by atoms with van der Waals surface area (Å²) in [5, 5.41) is 1.22. The SMILES string of the molecule is C1=C(c2ccc3ccccc3n2)C2CCN1C2. The van der Waals surface area contributed by atoms with E-state index < -0.39 is 0 Å². The summed E-state index contributed by atoms with van der Waals surface area (Å²) < 4.78 is 0. The summed E-state index contributed by atoms with van der Waals surface area (Å²) in [5.74, 6) is 0.712. The summed E-state index contributed by atoms with van der Waals surface area (Å²) >= 11 is 0. The molecule has 1 aromatic heterocycles. The van der Waals surface area contributed by atoms with Crippen molar-refractivity contribution in [2.24, 2.45) is 5.92 Å². The first-order valence-corrected chi connectivity index (χ1v) is 6.22. The summed E-state index contributed by atoms with van der Waals surface area (Å²) in [6.45, 7) is 2.42. The van der Waals surface area contributed by atoms with Crippen LogP contribution in [0.5, 0.6) is 0 Å². The van der Waals surface area contributed by atoms with Crippen LogP contribution in [-0.4, -0.2) is 23.0 Å². The maximum atomic E-state index is 4.78. The van der Waals surface area contributed by atoms with Crippen molar-refractivity contribution < 1.29 is 0 Å². The minimum absolute atomic E-state index is 0.712. The maximum Gasteiger partial charge on any atom is 0.0709 e. The number of pyridine rings is 1. The van der Waals surface area contributed by atoms with Crippen molar-refractivity contribution >= 4 is 16.5 Å². The lowest BCUT2D eigenvalue weighted by atomic mass is 9.96. The Labute approximate surface area is 101 Å². The second kappa shape index (κ2) is 3.33. The standard InChI is InChI=1S/C15H14N2/c1-2-4-14-11(3-1)5-6-15(16-14)13-10-17-8-7-12(13)9-17/h1-6,10,12H,7-9H2. The lowest BCUT2D eigenvalue weighted by Crippen LogP contribution is -2.08. The number of nitrogens with zero attached hydrogens (tertiary/aromatic N) is 2. The van der Waals surface area contributed by atoms with Crippen molar-refractivity contribution in [3.05, 3.63) is 48.3 Å². The molecule has 3 heterocycles. The van der Waals surface area contributed by atoms with Gasteiger partial charge >= 0.3 is 0 Å². The third-order valence-corrected chi connectivity index (χ3v) is 3.88. The highest BCUT2D eigenvalue weighted by Gasteiger charge is 2.31. The number of hydrogen-bond donors (Lipinski definition) is 0. The lowest BCUT2D eigenvalue weighted by molar-refractivity contribution is 0.479. The van der Waals surface area contributed by atoms with E-state index in [0.29, 0.717) is 5.92 Å². The Morgan fingerprint density at radius 1 is 1.12 bits per heavy atom. The van der Waals surface area contributed by atoms with Crippen LogP contribution in [0.4, 0.5) is 0 Å². The van der Waals surface area contributed by atoms with Gasteiger partial charge in [0.1, 0.15) is 0 Å². The Morgan fingerprint density at radius 2 is 2.06 bits per heavy atom. The molecule has 2 bridgehead atoms. The topological polar surface area (TPSA) is 16.1 Å². The van der Waals surface area contributed by atoms with Gasteiger partial charge < -0.3 is 4.90 Å². The van der Waals surface area contributed by atoms with E-state index in [1.165, 1.54) is 30.5 Å². The van der Waals surface area contributed by atoms with Gasteiger partial charge in [0.05, 0.1) is 11.2 Å². The molecule has 0 spiro atoms. The fourth-order valence-electron chi connectivity index (χ4n) is 2.96. The molecule has 0 aliphatic carbocycles. The average Bonchev–Trinajstić information content (AvgIpc) is 3.00. The fraction of sp³-hybridized carbons (Fsp3) is 0.267. The maximum absolute atomic E-state index is 4.78. The van der Waals surface area contributed by atoms with E-state index in [1.54, 1.807) is 0 Å². The van der Waals surface area contributed by atoms with Gasteiger partial charge in [-0.2, -0.15) is 0 Å². The minimum Gasteiger partial charge on any atom is -0.376 e. The van der Waals surface area contributed by atoms with Gasteiger partial charge in [-0.3, -0.25) is 0 Å². The molecule has 4 rings (SSSR count). The van der Waals surface area contributed by atoms with Gasteiger partial charge in [-0.25, -0.2) is 4.98 Å². The highest BCUT2D eigenvalue weighted by Crippen LogP contribution is 2.37. The highest BCUT2D eigenvalue weighted by atomic mass is 15.2. The van der Waals surface area contributed by atoms with Crippen LogP contribution in [0.2, 0.25) is 0 Å². The van der Waals surface area contributed by atoms with E-state index in [4.69, 9.17) is 4.98 Å². The molecule has 2 aliphatic heterocycles. The molecule has 17 heavy (non-hydrogen) atoms. The summed E-state index contributed by atoms with van der Waals surface area (Å²) in [5.41, 5.74) is 3.70. The van der Waals surface area contributed by atoms with Gasteiger partial charge in [-0.05, 0) is 24.1 Å². The van der Waals surface area contributed by atoms with Gasteiger partial charge in [-0.15, -0.1) is 0 Å². The summed E-state index contributed by atoms with van der Waals surface area (Å²) in [4.78, 5) is 7.19. The molecule has 1 fully saturated rings. The zero-order chi connectivity index (χ0) is 11.2. The van der Waals surface area contributed by atoms with E-state index in [2.05, 4.69) is 47.5 Å². The fourth-order valence-corrected chi connectivity index (χ4v) is 2.96. The second-order valence-electron chi connectivity index (χ2n) is 4.95. The lowest BCUT2D eigenvalue weighted by Gasteiger charge is -2.13. The Hall–Kier alpha value is -1.83. The monoisotopic (exact) mass is 222 g/mol. The first-order valence-electron chi connectivity index (χ1n) is 6.22. The predicted octanol–water partition coefficient (Wildman–Crippen LogP) is 2.91. The van der Waals surface area contributed by atoms with E-state index >= 15 is 0 Å². The number of hydrogen-bond acceptors (Lipinski definition) is 2. The van der Waals surface area contributed by atoms with Gasteiger partial charge in [-0.1, -0.05) is 24.3 Å². The predicted molar refractivity (Wildman–Crippen MR) is 69.4 cm³/mol. The van der Waals surface area contributed by atoms with Crippen molar-refractivity contribution in [3.63, 3.8) is 0 Å². The van der Waals surface area contributed by atoms with Gasteiger partial charge in [0, 0.05) is 30.6 Å². The molecule has 1 aromatic carbocycles. The molecule has 1 saturated heterocycles. The van der Waals surface area contributed by atoms with Gasteiger partial charge in [0.2, 0.25) is 0 Å². The molecule has 2 aliphatic rings. The number of para-hydroxylation sites is 1. The van der Waals surface area contributed by atoms with Crippen LogP contribution in [0, 0.1) is 5.92 Å². The van der Waals surface area contributed by atoms with Crippen molar-refractivity contribution in [1.82, 2.24) is 9.88 Å². The molecular formula is C15H14N2. The molecule has 2 aromatic rings. The summed E-state index contributed by atoms with van der Waals surface area (Å²) in [7, 11) is 0.